The van der Waals surface area contributed by atoms with Gasteiger partial charge in [-0.1, -0.05) is 0 Å². The molecule has 152 valence electrons. The first-order chi connectivity index (χ1) is 11.7. The normalized spacial score (nSPS) is 13.2. The maximum atomic E-state index is 5.75. The lowest BCUT2D eigenvalue weighted by Gasteiger charge is -2.48. The second kappa shape index (κ2) is 13.0. The molecule has 0 aliphatic rings. The Hall–Kier alpha value is -0.240. The van der Waals surface area contributed by atoms with Crippen LogP contribution >= 0.6 is 0 Å². The van der Waals surface area contributed by atoms with E-state index in [-0.39, 0.29) is 11.1 Å². The lowest BCUT2D eigenvalue weighted by atomic mass is 9.83. The highest BCUT2D eigenvalue weighted by Gasteiger charge is 2.36. The summed E-state index contributed by atoms with van der Waals surface area (Å²) in [7, 11) is 0. The SMILES string of the molecule is CC(C)(CC(C)(C)N(CCCN)CCCN)N(CCCN)CCCN. The average molecular weight is 359 g/mol. The lowest BCUT2D eigenvalue weighted by molar-refractivity contribution is 0.0281. The van der Waals surface area contributed by atoms with Crippen molar-refractivity contribution in [2.75, 3.05) is 52.4 Å². The Balaban J connectivity index is 5.08. The van der Waals surface area contributed by atoms with Gasteiger partial charge in [-0.2, -0.15) is 0 Å². The predicted octanol–water partition coefficient (Wildman–Crippen LogP) is 0.933. The summed E-state index contributed by atoms with van der Waals surface area (Å²) in [5, 5.41) is 0. The highest BCUT2D eigenvalue weighted by atomic mass is 15.2. The highest BCUT2D eigenvalue weighted by molar-refractivity contribution is 4.93. The molecule has 0 saturated carbocycles. The van der Waals surface area contributed by atoms with Gasteiger partial charge in [-0.3, -0.25) is 9.80 Å². The fourth-order valence-corrected chi connectivity index (χ4v) is 3.85. The molecule has 0 radical (unpaired) electrons. The maximum absolute atomic E-state index is 5.75. The molecular formula is C19H46N6. The Morgan fingerprint density at radius 1 is 0.520 bits per heavy atom. The summed E-state index contributed by atoms with van der Waals surface area (Å²) in [6.45, 7) is 16.5. The van der Waals surface area contributed by atoms with E-state index in [1.807, 2.05) is 0 Å². The summed E-state index contributed by atoms with van der Waals surface area (Å²) >= 11 is 0. The van der Waals surface area contributed by atoms with Gasteiger partial charge < -0.3 is 22.9 Å². The van der Waals surface area contributed by atoms with E-state index in [0.29, 0.717) is 0 Å². The van der Waals surface area contributed by atoms with Crippen molar-refractivity contribution < 1.29 is 0 Å². The molecule has 0 heterocycles. The average Bonchev–Trinajstić information content (AvgIpc) is 2.53. The van der Waals surface area contributed by atoms with Crippen LogP contribution < -0.4 is 22.9 Å². The van der Waals surface area contributed by atoms with Gasteiger partial charge in [0.2, 0.25) is 0 Å². The minimum atomic E-state index is 0.0948. The molecule has 0 aromatic heterocycles. The van der Waals surface area contributed by atoms with Crippen molar-refractivity contribution in [3.8, 4) is 0 Å². The first kappa shape index (κ1) is 24.8. The summed E-state index contributed by atoms with van der Waals surface area (Å²) in [6, 6.07) is 0. The minimum absolute atomic E-state index is 0.0948. The Labute approximate surface area is 156 Å². The van der Waals surface area contributed by atoms with E-state index in [0.717, 1.165) is 84.5 Å². The van der Waals surface area contributed by atoms with Crippen LogP contribution in [0.15, 0.2) is 0 Å². The smallest absolute Gasteiger partial charge is 0.0170 e. The van der Waals surface area contributed by atoms with E-state index < -0.39 is 0 Å². The molecule has 0 aromatic carbocycles. The summed E-state index contributed by atoms with van der Waals surface area (Å²) in [4.78, 5) is 5.14. The molecule has 0 atom stereocenters. The van der Waals surface area contributed by atoms with Gasteiger partial charge in [0.1, 0.15) is 0 Å². The number of hydrogen-bond donors (Lipinski definition) is 4. The van der Waals surface area contributed by atoms with Gasteiger partial charge in [0.05, 0.1) is 0 Å². The van der Waals surface area contributed by atoms with Crippen LogP contribution in [0.25, 0.3) is 0 Å². The van der Waals surface area contributed by atoms with Gasteiger partial charge in [-0.05, 0) is 112 Å². The van der Waals surface area contributed by atoms with Crippen molar-refractivity contribution in [2.45, 2.75) is 70.9 Å². The fourth-order valence-electron chi connectivity index (χ4n) is 3.85. The first-order valence-corrected chi connectivity index (χ1v) is 10.1. The topological polar surface area (TPSA) is 111 Å². The van der Waals surface area contributed by atoms with Crippen LogP contribution in [-0.4, -0.2) is 73.2 Å². The number of nitrogens with two attached hydrogens (primary N) is 4. The molecule has 0 saturated heterocycles. The van der Waals surface area contributed by atoms with E-state index in [9.17, 15) is 0 Å². The van der Waals surface area contributed by atoms with Gasteiger partial charge >= 0.3 is 0 Å². The van der Waals surface area contributed by atoms with Crippen LogP contribution in [0.4, 0.5) is 0 Å². The molecule has 0 unspecified atom stereocenters. The zero-order valence-electron chi connectivity index (χ0n) is 17.4. The summed E-state index contributed by atoms with van der Waals surface area (Å²) in [5.41, 5.74) is 23.2. The quantitative estimate of drug-likeness (QED) is 0.327. The van der Waals surface area contributed by atoms with Crippen molar-refractivity contribution in [3.05, 3.63) is 0 Å². The van der Waals surface area contributed by atoms with Crippen molar-refractivity contribution in [1.82, 2.24) is 9.80 Å². The van der Waals surface area contributed by atoms with Crippen LogP contribution in [0.1, 0.15) is 59.8 Å². The van der Waals surface area contributed by atoms with E-state index in [4.69, 9.17) is 22.9 Å². The molecule has 6 nitrogen and oxygen atoms in total. The fraction of sp³-hybridized carbons (Fsp3) is 1.00. The molecule has 25 heavy (non-hydrogen) atoms. The molecule has 0 aromatic rings. The highest BCUT2D eigenvalue weighted by Crippen LogP contribution is 2.31. The van der Waals surface area contributed by atoms with Crippen LogP contribution in [0.3, 0.4) is 0 Å². The third-order valence-corrected chi connectivity index (χ3v) is 5.11. The van der Waals surface area contributed by atoms with Gasteiger partial charge in [-0.25, -0.2) is 0 Å². The molecule has 6 heteroatoms. The molecule has 0 fully saturated rings. The summed E-state index contributed by atoms with van der Waals surface area (Å²) < 4.78 is 0. The second-order valence-electron chi connectivity index (χ2n) is 8.34. The zero-order valence-corrected chi connectivity index (χ0v) is 17.4. The standard InChI is InChI=1S/C19H46N6/c1-18(2,24(13-5-9-20)14-6-10-21)17-19(3,4)25(15-7-11-22)16-8-12-23/h5-17,20-23H2,1-4H3. The van der Waals surface area contributed by atoms with Crippen molar-refractivity contribution >= 4 is 0 Å². The van der Waals surface area contributed by atoms with Crippen LogP contribution in [0.2, 0.25) is 0 Å². The molecule has 0 aliphatic carbocycles. The van der Waals surface area contributed by atoms with Gasteiger partial charge in [0.15, 0.2) is 0 Å². The maximum Gasteiger partial charge on any atom is 0.0170 e. The third kappa shape index (κ3) is 9.87. The Morgan fingerprint density at radius 2 is 0.760 bits per heavy atom. The monoisotopic (exact) mass is 358 g/mol. The van der Waals surface area contributed by atoms with E-state index >= 15 is 0 Å². The van der Waals surface area contributed by atoms with E-state index in [1.165, 1.54) is 0 Å². The van der Waals surface area contributed by atoms with Crippen LogP contribution in [0.5, 0.6) is 0 Å². The van der Waals surface area contributed by atoms with E-state index in [1.54, 1.807) is 0 Å². The number of rotatable bonds is 16. The number of hydrogen-bond acceptors (Lipinski definition) is 6. The van der Waals surface area contributed by atoms with Crippen LogP contribution in [0, 0.1) is 0 Å². The molecule has 0 bridgehead atoms. The van der Waals surface area contributed by atoms with E-state index in [2.05, 4.69) is 37.5 Å². The Kier molecular flexibility index (Phi) is 12.9. The third-order valence-electron chi connectivity index (χ3n) is 5.11. The van der Waals surface area contributed by atoms with Crippen molar-refractivity contribution in [2.24, 2.45) is 22.9 Å². The lowest BCUT2D eigenvalue weighted by Crippen LogP contribution is -2.55. The van der Waals surface area contributed by atoms with Crippen molar-refractivity contribution in [3.63, 3.8) is 0 Å². The van der Waals surface area contributed by atoms with Gasteiger partial charge in [0, 0.05) is 11.1 Å². The summed E-state index contributed by atoms with van der Waals surface area (Å²) in [5.74, 6) is 0. The summed E-state index contributed by atoms with van der Waals surface area (Å²) in [6.07, 6.45) is 5.19. The largest absolute Gasteiger partial charge is 0.330 e. The molecular weight excluding hydrogens is 312 g/mol. The molecule has 0 aliphatic heterocycles. The second-order valence-corrected chi connectivity index (χ2v) is 8.34. The number of nitrogens with zero attached hydrogens (tertiary/aromatic N) is 2. The van der Waals surface area contributed by atoms with Crippen molar-refractivity contribution in [1.29, 1.82) is 0 Å². The molecule has 0 spiro atoms. The van der Waals surface area contributed by atoms with Crippen LogP contribution in [-0.2, 0) is 0 Å². The Bertz CT molecular complexity index is 273. The molecule has 0 amide bonds. The minimum Gasteiger partial charge on any atom is -0.330 e. The van der Waals surface area contributed by atoms with Gasteiger partial charge in [0.25, 0.3) is 0 Å². The molecule has 8 N–H and O–H groups in total. The zero-order chi connectivity index (χ0) is 19.3. The Morgan fingerprint density at radius 3 is 0.960 bits per heavy atom. The van der Waals surface area contributed by atoms with Gasteiger partial charge in [-0.15, -0.1) is 0 Å². The molecule has 0 rings (SSSR count). The predicted molar refractivity (Wildman–Crippen MR) is 111 cm³/mol. The first-order valence-electron chi connectivity index (χ1n) is 10.1.